The summed E-state index contributed by atoms with van der Waals surface area (Å²) < 4.78 is 0. The third kappa shape index (κ3) is 2.14. The molecule has 0 radical (unpaired) electrons. The molecular formula is C17H24N2S. The third-order valence-corrected chi connectivity index (χ3v) is 7.10. The zero-order chi connectivity index (χ0) is 13.1. The number of rotatable bonds is 5. The third-order valence-electron chi connectivity index (χ3n) is 5.89. The van der Waals surface area contributed by atoms with Crippen molar-refractivity contribution in [2.45, 2.75) is 75.8 Å². The molecule has 20 heavy (non-hydrogen) atoms. The fourth-order valence-electron chi connectivity index (χ4n) is 4.42. The lowest BCUT2D eigenvalue weighted by Gasteiger charge is -2.18. The van der Waals surface area contributed by atoms with Gasteiger partial charge in [0.25, 0.3) is 0 Å². The average molecular weight is 288 g/mol. The monoisotopic (exact) mass is 288 g/mol. The van der Waals surface area contributed by atoms with E-state index in [1.54, 1.807) is 4.88 Å². The van der Waals surface area contributed by atoms with Crippen molar-refractivity contribution in [1.82, 2.24) is 10.3 Å². The summed E-state index contributed by atoms with van der Waals surface area (Å²) in [5, 5.41) is 5.21. The van der Waals surface area contributed by atoms with Crippen LogP contribution >= 0.6 is 11.3 Å². The lowest BCUT2D eigenvalue weighted by molar-refractivity contribution is 0.418. The molecule has 3 unspecified atom stereocenters. The van der Waals surface area contributed by atoms with Gasteiger partial charge in [0.05, 0.1) is 10.7 Å². The molecule has 0 saturated heterocycles. The number of hydrogen-bond donors (Lipinski definition) is 1. The summed E-state index contributed by atoms with van der Waals surface area (Å²) >= 11 is 2.06. The summed E-state index contributed by atoms with van der Waals surface area (Å²) in [5.41, 5.74) is 1.49. The van der Waals surface area contributed by atoms with Crippen LogP contribution in [0.2, 0.25) is 0 Å². The first-order chi connectivity index (χ1) is 9.87. The Hall–Kier alpha value is -0.410. The van der Waals surface area contributed by atoms with Crippen molar-refractivity contribution in [3.63, 3.8) is 0 Å². The maximum atomic E-state index is 5.15. The Labute approximate surface area is 125 Å². The topological polar surface area (TPSA) is 24.9 Å². The van der Waals surface area contributed by atoms with Crippen molar-refractivity contribution in [1.29, 1.82) is 0 Å². The number of hydrogen-bond acceptors (Lipinski definition) is 3. The second kappa shape index (κ2) is 4.54. The van der Waals surface area contributed by atoms with Gasteiger partial charge in [0, 0.05) is 29.3 Å². The van der Waals surface area contributed by atoms with Crippen LogP contribution in [0.25, 0.3) is 0 Å². The quantitative estimate of drug-likeness (QED) is 0.879. The largest absolute Gasteiger partial charge is 0.309 e. The fraction of sp³-hybridized carbons (Fsp3) is 0.824. The van der Waals surface area contributed by atoms with Gasteiger partial charge in [-0.2, -0.15) is 0 Å². The van der Waals surface area contributed by atoms with E-state index in [-0.39, 0.29) is 0 Å². The summed E-state index contributed by atoms with van der Waals surface area (Å²) in [6, 6.07) is 0.815. The highest BCUT2D eigenvalue weighted by molar-refractivity contribution is 7.11. The number of aromatic nitrogens is 1. The molecule has 0 aromatic carbocycles. The van der Waals surface area contributed by atoms with Crippen LogP contribution in [0.15, 0.2) is 0 Å². The van der Waals surface area contributed by atoms with Crippen LogP contribution < -0.4 is 5.32 Å². The van der Waals surface area contributed by atoms with E-state index in [4.69, 9.17) is 4.98 Å². The molecule has 3 heteroatoms. The van der Waals surface area contributed by atoms with Crippen LogP contribution in [0.1, 0.15) is 78.8 Å². The maximum absolute atomic E-state index is 5.15. The molecule has 108 valence electrons. The predicted molar refractivity (Wildman–Crippen MR) is 82.1 cm³/mol. The zero-order valence-corrected chi connectivity index (χ0v) is 12.9. The summed E-state index contributed by atoms with van der Waals surface area (Å²) in [6.45, 7) is 1.09. The van der Waals surface area contributed by atoms with E-state index in [0.29, 0.717) is 0 Å². The summed E-state index contributed by atoms with van der Waals surface area (Å²) in [4.78, 5) is 6.73. The highest BCUT2D eigenvalue weighted by Crippen LogP contribution is 2.54. The molecule has 0 amide bonds. The van der Waals surface area contributed by atoms with Gasteiger partial charge in [-0.1, -0.05) is 6.42 Å². The molecule has 0 spiro atoms. The lowest BCUT2D eigenvalue weighted by atomic mass is 9.89. The Morgan fingerprint density at radius 3 is 2.60 bits per heavy atom. The predicted octanol–water partition coefficient (Wildman–Crippen LogP) is 4.18. The molecule has 4 aliphatic rings. The lowest BCUT2D eigenvalue weighted by Crippen LogP contribution is -2.15. The molecule has 4 saturated carbocycles. The molecule has 1 aromatic rings. The Balaban J connectivity index is 1.39. The number of nitrogens with zero attached hydrogens (tertiary/aromatic N) is 1. The minimum absolute atomic E-state index is 0.814. The SMILES string of the molecule is C(NC1CC1)c1sc(C2CC3CCC2C3)nc1C1CC1. The molecule has 4 aliphatic carbocycles. The molecule has 3 atom stereocenters. The van der Waals surface area contributed by atoms with E-state index in [9.17, 15) is 0 Å². The van der Waals surface area contributed by atoms with E-state index >= 15 is 0 Å². The van der Waals surface area contributed by atoms with Crippen LogP contribution in [0.3, 0.4) is 0 Å². The molecule has 0 aliphatic heterocycles. The highest BCUT2D eigenvalue weighted by Gasteiger charge is 2.42. The van der Waals surface area contributed by atoms with Crippen molar-refractivity contribution < 1.29 is 0 Å². The first-order valence-electron chi connectivity index (χ1n) is 8.59. The standard InChI is InChI=1S/C17H24N2S/c1-2-12-7-10(1)8-14(12)17-19-16(11-3-4-11)15(20-17)9-18-13-5-6-13/h10-14,18H,1-9H2. The first-order valence-corrected chi connectivity index (χ1v) is 9.41. The average Bonchev–Trinajstić information content (AvgIpc) is 3.37. The molecule has 2 bridgehead atoms. The molecule has 1 heterocycles. The van der Waals surface area contributed by atoms with Crippen LogP contribution in [0.5, 0.6) is 0 Å². The minimum atomic E-state index is 0.814. The van der Waals surface area contributed by atoms with Crippen molar-refractivity contribution in [3.05, 3.63) is 15.6 Å². The first kappa shape index (κ1) is 12.2. The molecule has 4 fully saturated rings. The van der Waals surface area contributed by atoms with E-state index in [2.05, 4.69) is 16.7 Å². The van der Waals surface area contributed by atoms with E-state index in [1.807, 2.05) is 0 Å². The van der Waals surface area contributed by atoms with Gasteiger partial charge in [0.15, 0.2) is 0 Å². The van der Waals surface area contributed by atoms with E-state index in [1.165, 1.54) is 62.1 Å². The maximum Gasteiger partial charge on any atom is 0.0965 e. The van der Waals surface area contributed by atoms with Gasteiger partial charge < -0.3 is 5.32 Å². The molecule has 2 nitrogen and oxygen atoms in total. The minimum Gasteiger partial charge on any atom is -0.309 e. The second-order valence-electron chi connectivity index (χ2n) is 7.57. The second-order valence-corrected chi connectivity index (χ2v) is 8.69. The summed E-state index contributed by atoms with van der Waals surface area (Å²) in [5.74, 6) is 3.65. The molecular weight excluding hydrogens is 264 g/mol. The van der Waals surface area contributed by atoms with Crippen molar-refractivity contribution >= 4 is 11.3 Å². The van der Waals surface area contributed by atoms with Crippen LogP contribution in [0, 0.1) is 11.8 Å². The van der Waals surface area contributed by atoms with Crippen LogP contribution in [-0.4, -0.2) is 11.0 Å². The van der Waals surface area contributed by atoms with Crippen molar-refractivity contribution in [2.24, 2.45) is 11.8 Å². The fourth-order valence-corrected chi connectivity index (χ4v) is 5.72. The normalized spacial score (nSPS) is 35.9. The molecule has 5 rings (SSSR count). The number of nitrogens with one attached hydrogen (secondary N) is 1. The van der Waals surface area contributed by atoms with Gasteiger partial charge in [0.1, 0.15) is 0 Å². The summed E-state index contributed by atoms with van der Waals surface area (Å²) in [6.07, 6.45) is 11.5. The van der Waals surface area contributed by atoms with Crippen LogP contribution in [0.4, 0.5) is 0 Å². The van der Waals surface area contributed by atoms with Crippen LogP contribution in [-0.2, 0) is 6.54 Å². The summed E-state index contributed by atoms with van der Waals surface area (Å²) in [7, 11) is 0. The van der Waals surface area contributed by atoms with Gasteiger partial charge in [0.2, 0.25) is 0 Å². The van der Waals surface area contributed by atoms with Crippen molar-refractivity contribution in [2.75, 3.05) is 0 Å². The van der Waals surface area contributed by atoms with Gasteiger partial charge in [-0.05, 0) is 56.8 Å². The van der Waals surface area contributed by atoms with Gasteiger partial charge in [-0.3, -0.25) is 0 Å². The van der Waals surface area contributed by atoms with E-state index < -0.39 is 0 Å². The van der Waals surface area contributed by atoms with E-state index in [0.717, 1.165) is 36.3 Å². The smallest absolute Gasteiger partial charge is 0.0965 e. The highest BCUT2D eigenvalue weighted by atomic mass is 32.1. The number of fused-ring (bicyclic) bond motifs is 2. The van der Waals surface area contributed by atoms with Gasteiger partial charge >= 0.3 is 0 Å². The Morgan fingerprint density at radius 2 is 1.95 bits per heavy atom. The zero-order valence-electron chi connectivity index (χ0n) is 12.1. The Bertz CT molecular complexity index is 515. The molecule has 1 N–H and O–H groups in total. The molecule has 1 aromatic heterocycles. The number of thiazole rings is 1. The Morgan fingerprint density at radius 1 is 1.05 bits per heavy atom. The van der Waals surface area contributed by atoms with Gasteiger partial charge in [-0.15, -0.1) is 11.3 Å². The van der Waals surface area contributed by atoms with Gasteiger partial charge in [-0.25, -0.2) is 4.98 Å². The Kier molecular flexibility index (Phi) is 2.76. The van der Waals surface area contributed by atoms with Crippen molar-refractivity contribution in [3.8, 4) is 0 Å².